The third-order valence-corrected chi connectivity index (χ3v) is 3.77. The summed E-state index contributed by atoms with van der Waals surface area (Å²) < 4.78 is 3.53. The van der Waals surface area contributed by atoms with Gasteiger partial charge in [-0.05, 0) is 23.8 Å². The van der Waals surface area contributed by atoms with E-state index in [2.05, 4.69) is 10.4 Å². The van der Waals surface area contributed by atoms with Gasteiger partial charge in [-0.15, -0.1) is 0 Å². The Morgan fingerprint density at radius 3 is 2.68 bits per heavy atom. The quantitative estimate of drug-likeness (QED) is 0.805. The van der Waals surface area contributed by atoms with Crippen molar-refractivity contribution in [2.75, 3.05) is 0 Å². The molecule has 1 amide bonds. The van der Waals surface area contributed by atoms with Crippen LogP contribution >= 0.6 is 11.6 Å². The average Bonchev–Trinajstić information content (AvgIpc) is 3.15. The lowest BCUT2D eigenvalue weighted by Crippen LogP contribution is -2.24. The molecule has 0 bridgehead atoms. The lowest BCUT2D eigenvalue weighted by Gasteiger charge is -2.09. The molecule has 3 rings (SSSR count). The van der Waals surface area contributed by atoms with Crippen LogP contribution in [0.25, 0.3) is 5.82 Å². The average molecular weight is 315 g/mol. The van der Waals surface area contributed by atoms with E-state index in [1.54, 1.807) is 24.0 Å². The Labute approximate surface area is 133 Å². The predicted octanol–water partition coefficient (Wildman–Crippen LogP) is 2.79. The molecule has 1 aromatic carbocycles. The normalized spacial score (nSPS) is 10.6. The minimum absolute atomic E-state index is 0.184. The summed E-state index contributed by atoms with van der Waals surface area (Å²) in [6, 6.07) is 11.2. The van der Waals surface area contributed by atoms with Gasteiger partial charge in [0, 0.05) is 31.0 Å². The van der Waals surface area contributed by atoms with Crippen molar-refractivity contribution in [3.63, 3.8) is 0 Å². The molecule has 0 unspecified atom stereocenters. The van der Waals surface area contributed by atoms with E-state index in [4.69, 9.17) is 11.6 Å². The van der Waals surface area contributed by atoms with E-state index in [0.29, 0.717) is 17.1 Å². The van der Waals surface area contributed by atoms with Crippen molar-refractivity contribution in [3.8, 4) is 5.82 Å². The number of nitrogens with one attached hydrogen (secondary N) is 1. The van der Waals surface area contributed by atoms with Gasteiger partial charge >= 0.3 is 0 Å². The van der Waals surface area contributed by atoms with Gasteiger partial charge in [0.2, 0.25) is 0 Å². The number of amides is 1. The molecule has 5 nitrogen and oxygen atoms in total. The summed E-state index contributed by atoms with van der Waals surface area (Å²) in [6.45, 7) is 0.374. The van der Waals surface area contributed by atoms with E-state index in [-0.39, 0.29) is 5.91 Å². The maximum atomic E-state index is 12.4. The van der Waals surface area contributed by atoms with Gasteiger partial charge in [0.25, 0.3) is 5.91 Å². The topological polar surface area (TPSA) is 51.9 Å². The Hall–Kier alpha value is -2.53. The van der Waals surface area contributed by atoms with Crippen LogP contribution in [0.3, 0.4) is 0 Å². The third kappa shape index (κ3) is 2.76. The summed E-state index contributed by atoms with van der Waals surface area (Å²) in [5, 5.41) is 7.70. The number of rotatable bonds is 4. The number of benzene rings is 1. The molecule has 0 fully saturated rings. The van der Waals surface area contributed by atoms with E-state index in [1.807, 2.05) is 47.3 Å². The summed E-state index contributed by atoms with van der Waals surface area (Å²) in [7, 11) is 1.81. The predicted molar refractivity (Wildman–Crippen MR) is 85.2 cm³/mol. The smallest absolute Gasteiger partial charge is 0.256 e. The Balaban J connectivity index is 1.81. The molecule has 6 heteroatoms. The largest absolute Gasteiger partial charge is 0.348 e. The van der Waals surface area contributed by atoms with Gasteiger partial charge in [0.1, 0.15) is 11.4 Å². The molecule has 0 saturated carbocycles. The van der Waals surface area contributed by atoms with Crippen molar-refractivity contribution in [2.24, 2.45) is 7.05 Å². The molecule has 2 aromatic heterocycles. The lowest BCUT2D eigenvalue weighted by molar-refractivity contribution is 0.0951. The van der Waals surface area contributed by atoms with Crippen LogP contribution in [0, 0.1) is 0 Å². The summed E-state index contributed by atoms with van der Waals surface area (Å²) >= 11 is 6.10. The monoisotopic (exact) mass is 314 g/mol. The molecule has 0 radical (unpaired) electrons. The Bertz CT molecular complexity index is 792. The zero-order valence-electron chi connectivity index (χ0n) is 12.0. The van der Waals surface area contributed by atoms with Crippen LogP contribution in [0.5, 0.6) is 0 Å². The van der Waals surface area contributed by atoms with E-state index in [1.165, 1.54) is 0 Å². The van der Waals surface area contributed by atoms with Crippen molar-refractivity contribution < 1.29 is 4.79 Å². The van der Waals surface area contributed by atoms with Crippen LogP contribution in [-0.2, 0) is 13.6 Å². The first-order valence-electron chi connectivity index (χ1n) is 6.84. The number of halogens is 1. The van der Waals surface area contributed by atoms with Crippen LogP contribution in [0.1, 0.15) is 15.9 Å². The number of nitrogens with zero attached hydrogens (tertiary/aromatic N) is 3. The number of hydrogen-bond donors (Lipinski definition) is 1. The molecule has 0 aliphatic carbocycles. The summed E-state index contributed by atoms with van der Waals surface area (Å²) in [5.74, 6) is 0.540. The Kier molecular flexibility index (Phi) is 3.98. The zero-order valence-corrected chi connectivity index (χ0v) is 12.8. The van der Waals surface area contributed by atoms with Gasteiger partial charge in [0.05, 0.1) is 6.20 Å². The van der Waals surface area contributed by atoms with Crippen molar-refractivity contribution in [2.45, 2.75) is 6.54 Å². The molecule has 0 saturated heterocycles. The van der Waals surface area contributed by atoms with Gasteiger partial charge in [-0.25, -0.2) is 0 Å². The molecule has 2 heterocycles. The van der Waals surface area contributed by atoms with Gasteiger partial charge in [-0.1, -0.05) is 29.8 Å². The lowest BCUT2D eigenvalue weighted by atomic mass is 10.2. The van der Waals surface area contributed by atoms with E-state index in [9.17, 15) is 4.79 Å². The highest BCUT2D eigenvalue weighted by molar-refractivity contribution is 6.31. The minimum Gasteiger partial charge on any atom is -0.348 e. The zero-order chi connectivity index (χ0) is 15.5. The summed E-state index contributed by atoms with van der Waals surface area (Å²) in [4.78, 5) is 12.4. The molecule has 22 heavy (non-hydrogen) atoms. The highest BCUT2D eigenvalue weighted by atomic mass is 35.5. The molecule has 112 valence electrons. The van der Waals surface area contributed by atoms with Gasteiger partial charge in [-0.3, -0.25) is 9.48 Å². The second-order valence-electron chi connectivity index (χ2n) is 4.87. The summed E-state index contributed by atoms with van der Waals surface area (Å²) in [5.41, 5.74) is 1.40. The van der Waals surface area contributed by atoms with Gasteiger partial charge in [-0.2, -0.15) is 5.10 Å². The van der Waals surface area contributed by atoms with Crippen molar-refractivity contribution in [1.82, 2.24) is 19.7 Å². The van der Waals surface area contributed by atoms with E-state index < -0.39 is 0 Å². The maximum absolute atomic E-state index is 12.4. The molecule has 0 aliphatic heterocycles. The fraction of sp³-hybridized carbons (Fsp3) is 0.125. The molecule has 1 N–H and O–H groups in total. The van der Waals surface area contributed by atoms with Crippen LogP contribution in [-0.4, -0.2) is 20.3 Å². The Morgan fingerprint density at radius 1 is 1.23 bits per heavy atom. The highest BCUT2D eigenvalue weighted by Crippen LogP contribution is 2.16. The minimum atomic E-state index is -0.184. The Morgan fingerprint density at radius 2 is 1.95 bits per heavy atom. The standard InChI is InChI=1S/C16H15ClN4O/c1-20-16(21-8-4-5-9-21)13(11-19-20)15(22)18-10-12-6-2-3-7-14(12)17/h2-9,11H,10H2,1H3,(H,18,22). The number of aryl methyl sites for hydroxylation is 1. The third-order valence-electron chi connectivity index (χ3n) is 3.40. The number of aromatic nitrogens is 3. The first-order valence-corrected chi connectivity index (χ1v) is 7.21. The second kappa shape index (κ2) is 6.07. The van der Waals surface area contributed by atoms with Crippen molar-refractivity contribution >= 4 is 17.5 Å². The fourth-order valence-corrected chi connectivity index (χ4v) is 2.49. The van der Waals surface area contributed by atoms with Crippen LogP contribution in [0.4, 0.5) is 0 Å². The SMILES string of the molecule is Cn1ncc(C(=O)NCc2ccccc2Cl)c1-n1cccc1. The molecule has 3 aromatic rings. The fourth-order valence-electron chi connectivity index (χ4n) is 2.29. The van der Waals surface area contributed by atoms with Crippen LogP contribution in [0.2, 0.25) is 5.02 Å². The van der Waals surface area contributed by atoms with Crippen LogP contribution in [0.15, 0.2) is 55.0 Å². The second-order valence-corrected chi connectivity index (χ2v) is 5.28. The number of hydrogen-bond acceptors (Lipinski definition) is 2. The van der Waals surface area contributed by atoms with Gasteiger partial charge in [0.15, 0.2) is 0 Å². The van der Waals surface area contributed by atoms with Crippen molar-refractivity contribution in [3.05, 3.63) is 71.1 Å². The molecular formula is C16H15ClN4O. The van der Waals surface area contributed by atoms with E-state index >= 15 is 0 Å². The summed E-state index contributed by atoms with van der Waals surface area (Å²) in [6.07, 6.45) is 5.32. The molecule has 0 spiro atoms. The number of carbonyl (C=O) groups excluding carboxylic acids is 1. The van der Waals surface area contributed by atoms with Crippen LogP contribution < -0.4 is 5.32 Å². The first-order chi connectivity index (χ1) is 10.7. The molecule has 0 atom stereocenters. The first kappa shape index (κ1) is 14.4. The highest BCUT2D eigenvalue weighted by Gasteiger charge is 2.17. The molecular weight excluding hydrogens is 300 g/mol. The maximum Gasteiger partial charge on any atom is 0.256 e. The van der Waals surface area contributed by atoms with Crippen molar-refractivity contribution in [1.29, 1.82) is 0 Å². The number of carbonyl (C=O) groups is 1. The molecule has 0 aliphatic rings. The van der Waals surface area contributed by atoms with E-state index in [0.717, 1.165) is 11.4 Å². The van der Waals surface area contributed by atoms with Gasteiger partial charge < -0.3 is 9.88 Å².